The SMILES string of the molecule is C=CC(C(=O)OCC)S(=O)(=O)O. The minimum Gasteiger partial charge on any atom is -0.465 e. The van der Waals surface area contributed by atoms with Gasteiger partial charge in [-0.05, 0) is 6.92 Å². The van der Waals surface area contributed by atoms with Crippen molar-refractivity contribution in [2.45, 2.75) is 12.2 Å². The fourth-order valence-corrected chi connectivity index (χ4v) is 1.12. The van der Waals surface area contributed by atoms with Gasteiger partial charge in [-0.2, -0.15) is 8.42 Å². The lowest BCUT2D eigenvalue weighted by molar-refractivity contribution is -0.141. The third kappa shape index (κ3) is 3.02. The van der Waals surface area contributed by atoms with Crippen LogP contribution in [0.2, 0.25) is 0 Å². The van der Waals surface area contributed by atoms with E-state index in [1.165, 1.54) is 6.92 Å². The summed E-state index contributed by atoms with van der Waals surface area (Å²) >= 11 is 0. The van der Waals surface area contributed by atoms with Crippen molar-refractivity contribution >= 4 is 16.1 Å². The molecule has 0 saturated carbocycles. The summed E-state index contributed by atoms with van der Waals surface area (Å²) < 4.78 is 33.8. The molecule has 0 heterocycles. The Morgan fingerprint density at radius 2 is 2.25 bits per heavy atom. The van der Waals surface area contributed by atoms with Gasteiger partial charge in [0.05, 0.1) is 6.61 Å². The second-order valence-electron chi connectivity index (χ2n) is 1.92. The van der Waals surface area contributed by atoms with Gasteiger partial charge >= 0.3 is 5.97 Å². The van der Waals surface area contributed by atoms with Gasteiger partial charge in [0.2, 0.25) is 5.25 Å². The Balaban J connectivity index is 4.58. The van der Waals surface area contributed by atoms with E-state index in [0.717, 1.165) is 6.08 Å². The van der Waals surface area contributed by atoms with Crippen molar-refractivity contribution in [3.05, 3.63) is 12.7 Å². The summed E-state index contributed by atoms with van der Waals surface area (Å²) in [7, 11) is -4.43. The highest BCUT2D eigenvalue weighted by atomic mass is 32.2. The third-order valence-corrected chi connectivity index (χ3v) is 2.08. The third-order valence-electron chi connectivity index (χ3n) is 1.05. The standard InChI is InChI=1S/C6H10O5S/c1-3-5(12(8,9)10)6(7)11-4-2/h3,5H,1,4H2,2H3,(H,8,9,10). The smallest absolute Gasteiger partial charge is 0.330 e. The lowest BCUT2D eigenvalue weighted by atomic mass is 10.4. The zero-order valence-corrected chi connectivity index (χ0v) is 7.37. The van der Waals surface area contributed by atoms with Crippen LogP contribution in [-0.2, 0) is 19.6 Å². The number of ether oxygens (including phenoxy) is 1. The number of esters is 1. The van der Waals surface area contributed by atoms with E-state index in [-0.39, 0.29) is 6.61 Å². The highest BCUT2D eigenvalue weighted by molar-refractivity contribution is 7.87. The highest BCUT2D eigenvalue weighted by Crippen LogP contribution is 2.02. The Kier molecular flexibility index (Phi) is 3.91. The summed E-state index contributed by atoms with van der Waals surface area (Å²) in [6.45, 7) is 4.67. The van der Waals surface area contributed by atoms with E-state index < -0.39 is 21.3 Å². The maximum absolute atomic E-state index is 10.8. The molecular weight excluding hydrogens is 184 g/mol. The Morgan fingerprint density at radius 3 is 2.50 bits per heavy atom. The molecule has 6 heteroatoms. The van der Waals surface area contributed by atoms with Crippen LogP contribution in [-0.4, -0.2) is 30.8 Å². The first-order chi connectivity index (χ1) is 5.43. The molecule has 0 aromatic heterocycles. The average Bonchev–Trinajstić information content (AvgIpc) is 1.85. The van der Waals surface area contributed by atoms with Gasteiger partial charge in [0.15, 0.2) is 0 Å². The molecule has 0 aromatic rings. The maximum Gasteiger partial charge on any atom is 0.330 e. The van der Waals surface area contributed by atoms with Crippen LogP contribution >= 0.6 is 0 Å². The van der Waals surface area contributed by atoms with Crippen molar-refractivity contribution in [2.24, 2.45) is 0 Å². The van der Waals surface area contributed by atoms with Crippen LogP contribution in [0.3, 0.4) is 0 Å². The van der Waals surface area contributed by atoms with Crippen LogP contribution < -0.4 is 0 Å². The molecule has 0 radical (unpaired) electrons. The summed E-state index contributed by atoms with van der Waals surface area (Å²) in [6, 6.07) is 0. The second-order valence-corrected chi connectivity index (χ2v) is 3.46. The van der Waals surface area contributed by atoms with Crippen molar-refractivity contribution in [3.63, 3.8) is 0 Å². The van der Waals surface area contributed by atoms with Crippen LogP contribution in [0, 0.1) is 0 Å². The predicted octanol–water partition coefficient (Wildman–Crippen LogP) is -0.00810. The first-order valence-electron chi connectivity index (χ1n) is 3.19. The molecule has 0 spiro atoms. The fourth-order valence-electron chi connectivity index (χ4n) is 0.564. The van der Waals surface area contributed by atoms with E-state index in [1.54, 1.807) is 0 Å². The number of carbonyl (C=O) groups is 1. The van der Waals surface area contributed by atoms with Gasteiger partial charge in [-0.3, -0.25) is 9.35 Å². The number of hydrogen-bond acceptors (Lipinski definition) is 4. The van der Waals surface area contributed by atoms with E-state index >= 15 is 0 Å². The van der Waals surface area contributed by atoms with Crippen molar-refractivity contribution in [1.29, 1.82) is 0 Å². The van der Waals surface area contributed by atoms with Gasteiger partial charge in [0.25, 0.3) is 10.1 Å². The lowest BCUT2D eigenvalue weighted by Gasteiger charge is -2.06. The molecule has 0 aliphatic heterocycles. The zero-order valence-electron chi connectivity index (χ0n) is 6.56. The first kappa shape index (κ1) is 11.1. The monoisotopic (exact) mass is 194 g/mol. The minimum absolute atomic E-state index is 0.0543. The van der Waals surface area contributed by atoms with E-state index in [9.17, 15) is 13.2 Å². The second kappa shape index (κ2) is 4.22. The molecule has 12 heavy (non-hydrogen) atoms. The van der Waals surface area contributed by atoms with Crippen LogP contribution in [0.5, 0.6) is 0 Å². The van der Waals surface area contributed by atoms with Crippen molar-refractivity contribution < 1.29 is 22.5 Å². The molecule has 0 fully saturated rings. The van der Waals surface area contributed by atoms with E-state index in [4.69, 9.17) is 4.55 Å². The molecule has 70 valence electrons. The average molecular weight is 194 g/mol. The largest absolute Gasteiger partial charge is 0.465 e. The summed E-state index contributed by atoms with van der Waals surface area (Å²) in [6.07, 6.45) is 0.813. The lowest BCUT2D eigenvalue weighted by Crippen LogP contribution is -2.29. The van der Waals surface area contributed by atoms with Crippen LogP contribution in [0.25, 0.3) is 0 Å². The van der Waals surface area contributed by atoms with Gasteiger partial charge in [-0.1, -0.05) is 6.08 Å². The van der Waals surface area contributed by atoms with Gasteiger partial charge in [0, 0.05) is 0 Å². The minimum atomic E-state index is -4.43. The number of rotatable bonds is 4. The zero-order chi connectivity index (χ0) is 9.78. The van der Waals surface area contributed by atoms with Crippen molar-refractivity contribution in [2.75, 3.05) is 6.61 Å². The molecule has 0 bridgehead atoms. The topological polar surface area (TPSA) is 80.7 Å². The van der Waals surface area contributed by atoms with Crippen LogP contribution in [0.15, 0.2) is 12.7 Å². The van der Waals surface area contributed by atoms with Crippen LogP contribution in [0.1, 0.15) is 6.92 Å². The van der Waals surface area contributed by atoms with E-state index in [0.29, 0.717) is 0 Å². The molecule has 1 unspecified atom stereocenters. The van der Waals surface area contributed by atoms with E-state index in [1.807, 2.05) is 0 Å². The molecule has 0 saturated heterocycles. The fraction of sp³-hybridized carbons (Fsp3) is 0.500. The molecule has 5 nitrogen and oxygen atoms in total. The summed E-state index contributed by atoms with van der Waals surface area (Å²) in [5, 5.41) is -1.68. The first-order valence-corrected chi connectivity index (χ1v) is 4.69. The van der Waals surface area contributed by atoms with Crippen molar-refractivity contribution in [3.8, 4) is 0 Å². The van der Waals surface area contributed by atoms with Gasteiger partial charge in [-0.15, -0.1) is 6.58 Å². The Morgan fingerprint density at radius 1 is 1.75 bits per heavy atom. The molecule has 0 aromatic carbocycles. The Labute approximate surface area is 70.8 Å². The van der Waals surface area contributed by atoms with Gasteiger partial charge in [0.1, 0.15) is 0 Å². The molecule has 0 rings (SSSR count). The molecular formula is C6H10O5S. The molecule has 0 aliphatic carbocycles. The number of hydrogen-bond donors (Lipinski definition) is 1. The van der Waals surface area contributed by atoms with Gasteiger partial charge < -0.3 is 4.74 Å². The summed E-state index contributed by atoms with van der Waals surface area (Å²) in [5.74, 6) is -1.02. The predicted molar refractivity (Wildman–Crippen MR) is 42.2 cm³/mol. The molecule has 1 N–H and O–H groups in total. The highest BCUT2D eigenvalue weighted by Gasteiger charge is 2.28. The number of carbonyl (C=O) groups excluding carboxylic acids is 1. The molecule has 1 atom stereocenters. The Bertz CT molecular complexity index is 266. The summed E-state index contributed by atoms with van der Waals surface area (Å²) in [4.78, 5) is 10.8. The normalized spacial score (nSPS) is 13.5. The summed E-state index contributed by atoms with van der Waals surface area (Å²) in [5.41, 5.74) is 0. The van der Waals surface area contributed by atoms with E-state index in [2.05, 4.69) is 11.3 Å². The van der Waals surface area contributed by atoms with Gasteiger partial charge in [-0.25, -0.2) is 0 Å². The molecule has 0 amide bonds. The van der Waals surface area contributed by atoms with Crippen molar-refractivity contribution in [1.82, 2.24) is 0 Å². The Hall–Kier alpha value is -0.880. The van der Waals surface area contributed by atoms with Crippen LogP contribution in [0.4, 0.5) is 0 Å². The maximum atomic E-state index is 10.8. The molecule has 0 aliphatic rings. The quantitative estimate of drug-likeness (QED) is 0.387.